The van der Waals surface area contributed by atoms with Gasteiger partial charge in [0.15, 0.2) is 0 Å². The maximum Gasteiger partial charge on any atom is 0.247 e. The molecule has 1 aliphatic carbocycles. The first-order valence-corrected chi connectivity index (χ1v) is 7.01. The molecule has 1 saturated heterocycles. The van der Waals surface area contributed by atoms with E-state index in [0.29, 0.717) is 6.54 Å². The van der Waals surface area contributed by atoms with Gasteiger partial charge < -0.3 is 15.7 Å². The molecule has 0 atom stereocenters. The standard InChI is InChI=1S/C14H24N2O2/c1-11(12-8-15-9-12)13(17)16-10-14(18)6-4-2-3-5-7-14/h15,18H,2-10H2,1H3,(H,16,17). The molecule has 4 heteroatoms. The number of carbonyl (C=O) groups excluding carboxylic acids is 1. The molecule has 18 heavy (non-hydrogen) atoms. The van der Waals surface area contributed by atoms with E-state index in [1.807, 2.05) is 6.92 Å². The molecule has 0 unspecified atom stereocenters. The Morgan fingerprint density at radius 1 is 1.28 bits per heavy atom. The van der Waals surface area contributed by atoms with Crippen molar-refractivity contribution < 1.29 is 9.90 Å². The van der Waals surface area contributed by atoms with Crippen LogP contribution in [0.25, 0.3) is 0 Å². The average Bonchev–Trinajstić information content (AvgIpc) is 2.49. The molecule has 0 spiro atoms. The van der Waals surface area contributed by atoms with Crippen LogP contribution in [0.1, 0.15) is 45.4 Å². The van der Waals surface area contributed by atoms with Gasteiger partial charge >= 0.3 is 0 Å². The first-order chi connectivity index (χ1) is 8.61. The molecule has 102 valence electrons. The summed E-state index contributed by atoms with van der Waals surface area (Å²) < 4.78 is 0. The van der Waals surface area contributed by atoms with Crippen molar-refractivity contribution in [3.05, 3.63) is 11.1 Å². The van der Waals surface area contributed by atoms with Gasteiger partial charge in [0, 0.05) is 25.2 Å². The summed E-state index contributed by atoms with van der Waals surface area (Å²) in [7, 11) is 0. The van der Waals surface area contributed by atoms with Gasteiger partial charge in [-0.3, -0.25) is 4.79 Å². The van der Waals surface area contributed by atoms with Crippen molar-refractivity contribution >= 4 is 5.91 Å². The Bertz CT molecular complexity index is 336. The Morgan fingerprint density at radius 2 is 1.89 bits per heavy atom. The first kappa shape index (κ1) is 13.6. The summed E-state index contributed by atoms with van der Waals surface area (Å²) in [6.07, 6.45) is 6.15. The predicted molar refractivity (Wildman–Crippen MR) is 71.2 cm³/mol. The third-order valence-corrected chi connectivity index (χ3v) is 4.16. The third-order valence-electron chi connectivity index (χ3n) is 4.16. The zero-order valence-corrected chi connectivity index (χ0v) is 11.2. The second-order valence-electron chi connectivity index (χ2n) is 5.65. The van der Waals surface area contributed by atoms with Crippen molar-refractivity contribution in [2.24, 2.45) is 0 Å². The van der Waals surface area contributed by atoms with E-state index in [-0.39, 0.29) is 5.91 Å². The molecule has 1 amide bonds. The van der Waals surface area contributed by atoms with E-state index in [9.17, 15) is 9.90 Å². The number of amides is 1. The minimum atomic E-state index is -0.686. The molecule has 0 aromatic rings. The molecule has 2 rings (SSSR count). The molecule has 3 N–H and O–H groups in total. The van der Waals surface area contributed by atoms with Gasteiger partial charge in [0.2, 0.25) is 5.91 Å². The molecule has 2 fully saturated rings. The van der Waals surface area contributed by atoms with Gasteiger partial charge in [-0.15, -0.1) is 0 Å². The number of carbonyl (C=O) groups is 1. The van der Waals surface area contributed by atoms with Crippen molar-refractivity contribution in [2.75, 3.05) is 19.6 Å². The maximum absolute atomic E-state index is 11.9. The minimum absolute atomic E-state index is 0.0239. The van der Waals surface area contributed by atoms with Crippen molar-refractivity contribution in [1.29, 1.82) is 0 Å². The molecular weight excluding hydrogens is 228 g/mol. The highest BCUT2D eigenvalue weighted by molar-refractivity contribution is 5.94. The van der Waals surface area contributed by atoms with E-state index in [2.05, 4.69) is 10.6 Å². The van der Waals surface area contributed by atoms with Crippen LogP contribution in [0, 0.1) is 0 Å². The van der Waals surface area contributed by atoms with Crippen LogP contribution in [-0.2, 0) is 4.79 Å². The Kier molecular flexibility index (Phi) is 4.40. The second-order valence-corrected chi connectivity index (χ2v) is 5.65. The van der Waals surface area contributed by atoms with Crippen molar-refractivity contribution in [3.63, 3.8) is 0 Å². The fraction of sp³-hybridized carbons (Fsp3) is 0.786. The molecule has 1 aliphatic heterocycles. The zero-order valence-electron chi connectivity index (χ0n) is 11.2. The monoisotopic (exact) mass is 252 g/mol. The van der Waals surface area contributed by atoms with Crippen LogP contribution in [-0.4, -0.2) is 36.2 Å². The van der Waals surface area contributed by atoms with Gasteiger partial charge in [0.1, 0.15) is 0 Å². The number of hydrogen-bond donors (Lipinski definition) is 3. The Morgan fingerprint density at radius 3 is 2.39 bits per heavy atom. The Hall–Kier alpha value is -0.870. The lowest BCUT2D eigenvalue weighted by molar-refractivity contribution is -0.119. The van der Waals surface area contributed by atoms with Crippen LogP contribution in [0.5, 0.6) is 0 Å². The molecule has 1 saturated carbocycles. The van der Waals surface area contributed by atoms with Crippen LogP contribution in [0.4, 0.5) is 0 Å². The maximum atomic E-state index is 11.9. The van der Waals surface area contributed by atoms with Crippen LogP contribution in [0.2, 0.25) is 0 Å². The highest BCUT2D eigenvalue weighted by Gasteiger charge is 2.28. The summed E-state index contributed by atoms with van der Waals surface area (Å²) >= 11 is 0. The summed E-state index contributed by atoms with van der Waals surface area (Å²) in [4.78, 5) is 11.9. The molecule has 0 bridgehead atoms. The van der Waals surface area contributed by atoms with Crippen LogP contribution in [0.15, 0.2) is 11.1 Å². The summed E-state index contributed by atoms with van der Waals surface area (Å²) in [6.45, 7) is 3.90. The molecule has 0 aromatic carbocycles. The normalized spacial score (nSPS) is 22.9. The molecule has 4 nitrogen and oxygen atoms in total. The third kappa shape index (κ3) is 3.33. The van der Waals surface area contributed by atoms with Gasteiger partial charge in [-0.2, -0.15) is 0 Å². The van der Waals surface area contributed by atoms with Crippen LogP contribution in [0.3, 0.4) is 0 Å². The molecule has 0 radical (unpaired) electrons. The quantitative estimate of drug-likeness (QED) is 0.521. The first-order valence-electron chi connectivity index (χ1n) is 7.01. The lowest BCUT2D eigenvalue weighted by atomic mass is 9.94. The van der Waals surface area contributed by atoms with E-state index in [0.717, 1.165) is 44.3 Å². The van der Waals surface area contributed by atoms with Crippen molar-refractivity contribution in [2.45, 2.75) is 51.0 Å². The topological polar surface area (TPSA) is 61.4 Å². The second kappa shape index (κ2) is 5.85. The van der Waals surface area contributed by atoms with Gasteiger partial charge in [0.25, 0.3) is 0 Å². The van der Waals surface area contributed by atoms with Gasteiger partial charge in [-0.25, -0.2) is 0 Å². The van der Waals surface area contributed by atoms with Gasteiger partial charge in [0.05, 0.1) is 5.60 Å². The summed E-state index contributed by atoms with van der Waals surface area (Å²) in [5.74, 6) is -0.0239. The van der Waals surface area contributed by atoms with Crippen LogP contribution >= 0.6 is 0 Å². The summed E-state index contributed by atoms with van der Waals surface area (Å²) in [5, 5.41) is 16.5. The number of aliphatic hydroxyl groups is 1. The lowest BCUT2D eigenvalue weighted by Gasteiger charge is -2.27. The van der Waals surface area contributed by atoms with Gasteiger partial charge in [-0.05, 0) is 25.3 Å². The number of nitrogens with one attached hydrogen (secondary N) is 2. The zero-order chi connectivity index (χ0) is 13.0. The van der Waals surface area contributed by atoms with Crippen molar-refractivity contribution in [1.82, 2.24) is 10.6 Å². The van der Waals surface area contributed by atoms with Crippen molar-refractivity contribution in [3.8, 4) is 0 Å². The Balaban J connectivity index is 1.84. The molecule has 0 aromatic heterocycles. The summed E-state index contributed by atoms with van der Waals surface area (Å²) in [5.41, 5.74) is 1.31. The van der Waals surface area contributed by atoms with E-state index >= 15 is 0 Å². The van der Waals surface area contributed by atoms with Gasteiger partial charge in [-0.1, -0.05) is 25.7 Å². The minimum Gasteiger partial charge on any atom is -0.388 e. The van der Waals surface area contributed by atoms with E-state index < -0.39 is 5.60 Å². The SMILES string of the molecule is CC(C(=O)NCC1(O)CCCCCC1)=C1CNC1. The van der Waals surface area contributed by atoms with E-state index in [4.69, 9.17) is 0 Å². The fourth-order valence-corrected chi connectivity index (χ4v) is 2.62. The highest BCUT2D eigenvalue weighted by Crippen LogP contribution is 2.26. The number of rotatable bonds is 3. The summed E-state index contributed by atoms with van der Waals surface area (Å²) in [6, 6.07) is 0. The smallest absolute Gasteiger partial charge is 0.247 e. The van der Waals surface area contributed by atoms with E-state index in [1.165, 1.54) is 18.4 Å². The van der Waals surface area contributed by atoms with Crippen LogP contribution < -0.4 is 10.6 Å². The molecule has 1 heterocycles. The highest BCUT2D eigenvalue weighted by atomic mass is 16.3. The molecular formula is C14H24N2O2. The van der Waals surface area contributed by atoms with E-state index in [1.54, 1.807) is 0 Å². The largest absolute Gasteiger partial charge is 0.388 e. The Labute approximate surface area is 109 Å². The molecule has 2 aliphatic rings. The predicted octanol–water partition coefficient (Wildman–Crippen LogP) is 1.11. The fourth-order valence-electron chi connectivity index (χ4n) is 2.62. The number of hydrogen-bond acceptors (Lipinski definition) is 3. The average molecular weight is 252 g/mol. The lowest BCUT2D eigenvalue weighted by Crippen LogP contribution is -2.44.